The zero-order chi connectivity index (χ0) is 19.4. The van der Waals surface area contributed by atoms with Crippen LogP contribution < -0.4 is 0 Å². The third-order valence-electron chi connectivity index (χ3n) is 3.68. The fourth-order valence-electron chi connectivity index (χ4n) is 2.47. The Morgan fingerprint density at radius 2 is 1.88 bits per heavy atom. The van der Waals surface area contributed by atoms with Gasteiger partial charge in [-0.25, -0.2) is 8.42 Å². The summed E-state index contributed by atoms with van der Waals surface area (Å²) in [7, 11) is -4.34. The second-order valence-corrected chi connectivity index (χ2v) is 7.96. The summed E-state index contributed by atoms with van der Waals surface area (Å²) in [5, 5.41) is -0.174. The van der Waals surface area contributed by atoms with Crippen LogP contribution >= 0.6 is 11.6 Å². The standard InChI is InChI=1S/C17H18ClF3N2O2S/c1-2-10-23(11-8-14-5-3-4-9-22-14)26(24,25)16-7-6-13(18)12-15(16)17(19,20)21/h3-7,9,12H,2,8,10-11H2,1H3. The number of benzene rings is 1. The van der Waals surface area contributed by atoms with Gasteiger partial charge in [0.2, 0.25) is 10.0 Å². The van der Waals surface area contributed by atoms with Crippen molar-refractivity contribution >= 4 is 21.6 Å². The first kappa shape index (κ1) is 20.7. The molecule has 1 heterocycles. The molecule has 142 valence electrons. The second-order valence-electron chi connectivity index (χ2n) is 5.61. The molecule has 0 atom stereocenters. The highest BCUT2D eigenvalue weighted by atomic mass is 35.5. The molecule has 0 saturated heterocycles. The molecule has 2 aromatic rings. The van der Waals surface area contributed by atoms with Crippen LogP contribution in [-0.2, 0) is 22.6 Å². The van der Waals surface area contributed by atoms with Gasteiger partial charge in [-0.15, -0.1) is 0 Å². The number of rotatable bonds is 7. The Kier molecular flexibility index (Phi) is 6.65. The fraction of sp³-hybridized carbons (Fsp3) is 0.353. The maximum Gasteiger partial charge on any atom is 0.417 e. The lowest BCUT2D eigenvalue weighted by Crippen LogP contribution is -2.35. The number of pyridine rings is 1. The predicted octanol–water partition coefficient (Wildman–Crippen LogP) is 4.40. The Morgan fingerprint density at radius 3 is 2.46 bits per heavy atom. The van der Waals surface area contributed by atoms with E-state index in [0.717, 1.165) is 16.4 Å². The molecule has 0 radical (unpaired) electrons. The van der Waals surface area contributed by atoms with Crippen molar-refractivity contribution in [1.82, 2.24) is 9.29 Å². The lowest BCUT2D eigenvalue weighted by molar-refractivity contribution is -0.139. The van der Waals surface area contributed by atoms with Crippen LogP contribution in [0.3, 0.4) is 0 Å². The number of halogens is 4. The number of aromatic nitrogens is 1. The summed E-state index contributed by atoms with van der Waals surface area (Å²) < 4.78 is 66.7. The van der Waals surface area contributed by atoms with E-state index in [1.165, 1.54) is 0 Å². The molecule has 0 unspecified atom stereocenters. The Balaban J connectivity index is 2.38. The second kappa shape index (κ2) is 8.37. The smallest absolute Gasteiger partial charge is 0.261 e. The normalized spacial score (nSPS) is 12.5. The molecule has 0 saturated carbocycles. The van der Waals surface area contributed by atoms with Gasteiger partial charge in [0.1, 0.15) is 0 Å². The van der Waals surface area contributed by atoms with E-state index in [2.05, 4.69) is 4.98 Å². The van der Waals surface area contributed by atoms with E-state index >= 15 is 0 Å². The summed E-state index contributed by atoms with van der Waals surface area (Å²) in [6, 6.07) is 7.92. The zero-order valence-corrected chi connectivity index (χ0v) is 15.6. The van der Waals surface area contributed by atoms with Crippen molar-refractivity contribution in [2.45, 2.75) is 30.8 Å². The Bertz CT molecular complexity index is 843. The minimum absolute atomic E-state index is 0.0348. The molecule has 0 N–H and O–H groups in total. The number of alkyl halides is 3. The van der Waals surface area contributed by atoms with E-state index in [4.69, 9.17) is 11.6 Å². The van der Waals surface area contributed by atoms with Crippen molar-refractivity contribution in [2.75, 3.05) is 13.1 Å². The fourth-order valence-corrected chi connectivity index (χ4v) is 4.37. The molecular weight excluding hydrogens is 389 g/mol. The van der Waals surface area contributed by atoms with Crippen molar-refractivity contribution in [1.29, 1.82) is 0 Å². The van der Waals surface area contributed by atoms with E-state index < -0.39 is 26.7 Å². The number of hydrogen-bond acceptors (Lipinski definition) is 3. The molecule has 9 heteroatoms. The monoisotopic (exact) mass is 406 g/mol. The maximum absolute atomic E-state index is 13.3. The van der Waals surface area contributed by atoms with Crippen molar-refractivity contribution < 1.29 is 21.6 Å². The van der Waals surface area contributed by atoms with Gasteiger partial charge >= 0.3 is 6.18 Å². The highest BCUT2D eigenvalue weighted by Crippen LogP contribution is 2.37. The highest BCUT2D eigenvalue weighted by Gasteiger charge is 2.39. The van der Waals surface area contributed by atoms with Crippen LogP contribution in [0.2, 0.25) is 5.02 Å². The maximum atomic E-state index is 13.3. The molecule has 0 aliphatic heterocycles. The molecule has 0 aliphatic carbocycles. The lowest BCUT2D eigenvalue weighted by Gasteiger charge is -2.23. The lowest BCUT2D eigenvalue weighted by atomic mass is 10.2. The molecule has 0 aliphatic rings. The average Bonchev–Trinajstić information content (AvgIpc) is 2.58. The quantitative estimate of drug-likeness (QED) is 0.684. The molecule has 0 spiro atoms. The Hall–Kier alpha value is -1.64. The van der Waals surface area contributed by atoms with Gasteiger partial charge in [0.15, 0.2) is 0 Å². The van der Waals surface area contributed by atoms with Gasteiger partial charge in [-0.3, -0.25) is 4.98 Å². The van der Waals surface area contributed by atoms with E-state index in [0.29, 0.717) is 24.6 Å². The number of hydrogen-bond donors (Lipinski definition) is 0. The predicted molar refractivity (Wildman–Crippen MR) is 93.4 cm³/mol. The molecule has 0 amide bonds. The van der Waals surface area contributed by atoms with Gasteiger partial charge in [0, 0.05) is 36.4 Å². The van der Waals surface area contributed by atoms with Crippen LogP contribution in [-0.4, -0.2) is 30.8 Å². The van der Waals surface area contributed by atoms with Gasteiger partial charge in [0.25, 0.3) is 0 Å². The summed E-state index contributed by atoms with van der Waals surface area (Å²) in [6.07, 6.45) is -2.48. The first-order chi connectivity index (χ1) is 12.2. The summed E-state index contributed by atoms with van der Waals surface area (Å²) in [6.45, 7) is 1.90. The van der Waals surface area contributed by atoms with Gasteiger partial charge in [-0.05, 0) is 36.8 Å². The topological polar surface area (TPSA) is 50.3 Å². The molecular formula is C17H18ClF3N2O2S. The molecule has 4 nitrogen and oxygen atoms in total. The zero-order valence-electron chi connectivity index (χ0n) is 14.0. The number of sulfonamides is 1. The minimum atomic E-state index is -4.83. The van der Waals surface area contributed by atoms with Crippen LogP contribution in [0, 0.1) is 0 Å². The van der Waals surface area contributed by atoms with E-state index in [-0.39, 0.29) is 18.1 Å². The summed E-state index contributed by atoms with van der Waals surface area (Å²) in [4.78, 5) is 3.33. The van der Waals surface area contributed by atoms with E-state index in [1.54, 1.807) is 31.3 Å². The van der Waals surface area contributed by atoms with Gasteiger partial charge in [-0.1, -0.05) is 24.6 Å². The molecule has 0 bridgehead atoms. The van der Waals surface area contributed by atoms with Gasteiger partial charge in [0.05, 0.1) is 10.5 Å². The van der Waals surface area contributed by atoms with Crippen molar-refractivity contribution in [3.05, 3.63) is 58.9 Å². The van der Waals surface area contributed by atoms with Gasteiger partial charge in [-0.2, -0.15) is 17.5 Å². The molecule has 2 rings (SSSR count). The summed E-state index contributed by atoms with van der Waals surface area (Å²) >= 11 is 5.64. The van der Waals surface area contributed by atoms with Crippen LogP contribution in [0.25, 0.3) is 0 Å². The third-order valence-corrected chi connectivity index (χ3v) is 5.87. The van der Waals surface area contributed by atoms with E-state index in [9.17, 15) is 21.6 Å². The van der Waals surface area contributed by atoms with Crippen molar-refractivity contribution in [2.24, 2.45) is 0 Å². The van der Waals surface area contributed by atoms with Crippen molar-refractivity contribution in [3.8, 4) is 0 Å². The average molecular weight is 407 g/mol. The first-order valence-corrected chi connectivity index (χ1v) is 9.75. The third kappa shape index (κ3) is 4.96. The first-order valence-electron chi connectivity index (χ1n) is 7.93. The molecule has 1 aromatic heterocycles. The van der Waals surface area contributed by atoms with Crippen LogP contribution in [0.4, 0.5) is 13.2 Å². The van der Waals surface area contributed by atoms with Crippen LogP contribution in [0.15, 0.2) is 47.5 Å². The highest BCUT2D eigenvalue weighted by molar-refractivity contribution is 7.89. The van der Waals surface area contributed by atoms with Crippen molar-refractivity contribution in [3.63, 3.8) is 0 Å². The SMILES string of the molecule is CCCN(CCc1ccccn1)S(=O)(=O)c1ccc(Cl)cc1C(F)(F)F. The summed E-state index contributed by atoms with van der Waals surface area (Å²) in [5.74, 6) is 0. The molecule has 26 heavy (non-hydrogen) atoms. The van der Waals surface area contributed by atoms with Crippen LogP contribution in [0.1, 0.15) is 24.6 Å². The molecule has 0 fully saturated rings. The van der Waals surface area contributed by atoms with E-state index in [1.807, 2.05) is 0 Å². The Morgan fingerprint density at radius 1 is 1.15 bits per heavy atom. The minimum Gasteiger partial charge on any atom is -0.261 e. The number of nitrogens with zero attached hydrogens (tertiary/aromatic N) is 2. The van der Waals surface area contributed by atoms with Gasteiger partial charge < -0.3 is 0 Å². The van der Waals surface area contributed by atoms with Crippen LogP contribution in [0.5, 0.6) is 0 Å². The largest absolute Gasteiger partial charge is 0.417 e. The summed E-state index contributed by atoms with van der Waals surface area (Å²) in [5.41, 5.74) is -0.597. The Labute approximate surface area is 155 Å². The molecule has 1 aromatic carbocycles.